The van der Waals surface area contributed by atoms with E-state index >= 15 is 0 Å². The number of aromatic nitrogens is 1. The fourth-order valence-corrected chi connectivity index (χ4v) is 3.78. The van der Waals surface area contributed by atoms with Crippen molar-refractivity contribution >= 4 is 12.2 Å². The third kappa shape index (κ3) is 13.7. The second-order valence-electron chi connectivity index (χ2n) is 8.00. The van der Waals surface area contributed by atoms with E-state index in [2.05, 4.69) is 36.2 Å². The number of anilines is 1. The Kier molecular flexibility index (Phi) is 21.5. The molecular formula is C26H51FN4O. The highest BCUT2D eigenvalue weighted by Crippen LogP contribution is 2.30. The van der Waals surface area contributed by atoms with E-state index in [9.17, 15) is 9.18 Å². The number of halogens is 1. The molecule has 0 bridgehead atoms. The van der Waals surface area contributed by atoms with Gasteiger partial charge in [-0.25, -0.2) is 4.98 Å². The van der Waals surface area contributed by atoms with Crippen molar-refractivity contribution in [1.29, 1.82) is 0 Å². The SMILES string of the molecule is CC.CC.CF.CN(C)C=O.Cc1ccc(N2CCC(CC3CCNCC3)CC2)nc1C. The first-order valence-electron chi connectivity index (χ1n) is 12.4. The van der Waals surface area contributed by atoms with E-state index in [0.29, 0.717) is 7.18 Å². The van der Waals surface area contributed by atoms with E-state index in [1.165, 1.54) is 80.3 Å². The average Bonchev–Trinajstić information content (AvgIpc) is 2.86. The number of carbonyl (C=O) groups is 1. The molecule has 0 aromatic carbocycles. The molecule has 0 spiro atoms. The van der Waals surface area contributed by atoms with Crippen LogP contribution in [0.2, 0.25) is 0 Å². The van der Waals surface area contributed by atoms with Gasteiger partial charge in [-0.3, -0.25) is 9.18 Å². The molecule has 0 aliphatic carbocycles. The monoisotopic (exact) mass is 454 g/mol. The number of alkyl halides is 1. The van der Waals surface area contributed by atoms with Crippen LogP contribution in [-0.2, 0) is 4.79 Å². The molecular weight excluding hydrogens is 403 g/mol. The van der Waals surface area contributed by atoms with Gasteiger partial charge in [-0.05, 0) is 82.5 Å². The molecule has 2 fully saturated rings. The van der Waals surface area contributed by atoms with Gasteiger partial charge in [-0.15, -0.1) is 0 Å². The average molecular weight is 455 g/mol. The largest absolute Gasteiger partial charge is 0.357 e. The van der Waals surface area contributed by atoms with Crippen LogP contribution in [-0.4, -0.2) is 63.7 Å². The van der Waals surface area contributed by atoms with Crippen LogP contribution in [0.25, 0.3) is 0 Å². The molecule has 2 saturated heterocycles. The van der Waals surface area contributed by atoms with E-state index in [-0.39, 0.29) is 0 Å². The molecule has 3 rings (SSSR count). The minimum absolute atomic E-state index is 0.500. The van der Waals surface area contributed by atoms with Crippen molar-refractivity contribution in [2.75, 3.05) is 52.4 Å². The van der Waals surface area contributed by atoms with Crippen molar-refractivity contribution in [3.63, 3.8) is 0 Å². The molecule has 32 heavy (non-hydrogen) atoms. The Balaban J connectivity index is 0. The van der Waals surface area contributed by atoms with Gasteiger partial charge in [0.05, 0.1) is 7.18 Å². The number of nitrogens with one attached hydrogen (secondary N) is 1. The number of nitrogens with zero attached hydrogens (tertiary/aromatic N) is 3. The molecule has 0 unspecified atom stereocenters. The molecule has 1 aromatic rings. The van der Waals surface area contributed by atoms with Crippen molar-refractivity contribution in [2.24, 2.45) is 11.8 Å². The highest BCUT2D eigenvalue weighted by Gasteiger charge is 2.24. The van der Waals surface area contributed by atoms with E-state index in [0.717, 1.165) is 18.2 Å². The Labute approximate surface area is 198 Å². The Hall–Kier alpha value is -1.69. The third-order valence-corrected chi connectivity index (χ3v) is 5.61. The lowest BCUT2D eigenvalue weighted by atomic mass is 9.83. The maximum Gasteiger partial charge on any atom is 0.209 e. The Morgan fingerprint density at radius 3 is 1.91 bits per heavy atom. The summed E-state index contributed by atoms with van der Waals surface area (Å²) >= 11 is 0. The molecule has 2 aliphatic rings. The van der Waals surface area contributed by atoms with E-state index in [4.69, 9.17) is 4.98 Å². The fraction of sp³-hybridized carbons (Fsp3) is 0.769. The van der Waals surface area contributed by atoms with Gasteiger partial charge in [-0.2, -0.15) is 0 Å². The van der Waals surface area contributed by atoms with Crippen LogP contribution in [0.1, 0.15) is 71.1 Å². The van der Waals surface area contributed by atoms with Crippen LogP contribution in [0.4, 0.5) is 10.2 Å². The summed E-state index contributed by atoms with van der Waals surface area (Å²) in [6.07, 6.45) is 7.67. The number of amides is 1. The van der Waals surface area contributed by atoms with Crippen molar-refractivity contribution in [2.45, 2.75) is 73.6 Å². The zero-order valence-corrected chi connectivity index (χ0v) is 22.4. The minimum atomic E-state index is 0.500. The quantitative estimate of drug-likeness (QED) is 0.598. The number of pyridine rings is 1. The summed E-state index contributed by atoms with van der Waals surface area (Å²) in [4.78, 5) is 18.1. The molecule has 3 heterocycles. The minimum Gasteiger partial charge on any atom is -0.357 e. The maximum atomic E-state index is 9.50. The lowest BCUT2D eigenvalue weighted by Crippen LogP contribution is -2.36. The number of hydrogen-bond donors (Lipinski definition) is 1. The first kappa shape index (κ1) is 32.5. The van der Waals surface area contributed by atoms with Crippen molar-refractivity contribution < 1.29 is 9.18 Å². The second kappa shape index (κ2) is 21.2. The Morgan fingerprint density at radius 1 is 1.00 bits per heavy atom. The lowest BCUT2D eigenvalue weighted by molar-refractivity contribution is -0.115. The highest BCUT2D eigenvalue weighted by molar-refractivity contribution is 5.45. The maximum absolute atomic E-state index is 9.50. The van der Waals surface area contributed by atoms with Gasteiger partial charge in [0, 0.05) is 32.9 Å². The topological polar surface area (TPSA) is 48.5 Å². The normalized spacial score (nSPS) is 15.9. The standard InChI is InChI=1S/C18H29N3.C3H7NO.2C2H6.CH3F/c1-14-3-4-18(20-15(14)2)21-11-7-17(8-12-21)13-16-5-9-19-10-6-16;1-4(2)3-5;3*1-2/h3-4,16-17,19H,5-13H2,1-2H3;3H,1-2H3;2*1-2H3;1H3. The van der Waals surface area contributed by atoms with Gasteiger partial charge in [0.2, 0.25) is 6.41 Å². The first-order chi connectivity index (χ1) is 15.5. The summed E-state index contributed by atoms with van der Waals surface area (Å²) < 4.78 is 9.50. The molecule has 1 amide bonds. The Morgan fingerprint density at radius 2 is 1.47 bits per heavy atom. The summed E-state index contributed by atoms with van der Waals surface area (Å²) in [5, 5.41) is 3.47. The van der Waals surface area contributed by atoms with Gasteiger partial charge >= 0.3 is 0 Å². The summed E-state index contributed by atoms with van der Waals surface area (Å²) in [5.41, 5.74) is 2.46. The molecule has 1 aromatic heterocycles. The highest BCUT2D eigenvalue weighted by atomic mass is 19.1. The van der Waals surface area contributed by atoms with Crippen LogP contribution >= 0.6 is 0 Å². The fourth-order valence-electron chi connectivity index (χ4n) is 3.78. The van der Waals surface area contributed by atoms with Crippen molar-refractivity contribution in [1.82, 2.24) is 15.2 Å². The smallest absolute Gasteiger partial charge is 0.209 e. The third-order valence-electron chi connectivity index (χ3n) is 5.61. The molecule has 5 nitrogen and oxygen atoms in total. The van der Waals surface area contributed by atoms with Crippen LogP contribution < -0.4 is 10.2 Å². The second-order valence-corrected chi connectivity index (χ2v) is 8.00. The van der Waals surface area contributed by atoms with Gasteiger partial charge in [0.25, 0.3) is 0 Å². The molecule has 6 heteroatoms. The molecule has 188 valence electrons. The zero-order chi connectivity index (χ0) is 24.9. The van der Waals surface area contributed by atoms with Gasteiger partial charge in [0.1, 0.15) is 5.82 Å². The zero-order valence-electron chi connectivity index (χ0n) is 22.4. The van der Waals surface area contributed by atoms with Gasteiger partial charge in [0.15, 0.2) is 0 Å². The summed E-state index contributed by atoms with van der Waals surface area (Å²) in [5.74, 6) is 3.09. The van der Waals surface area contributed by atoms with Crippen LogP contribution in [0.5, 0.6) is 0 Å². The number of aryl methyl sites for hydroxylation is 2. The van der Waals surface area contributed by atoms with Crippen molar-refractivity contribution in [3.8, 4) is 0 Å². The summed E-state index contributed by atoms with van der Waals surface area (Å²) in [7, 11) is 3.88. The van der Waals surface area contributed by atoms with E-state index in [1.807, 2.05) is 27.7 Å². The van der Waals surface area contributed by atoms with Gasteiger partial charge < -0.3 is 15.1 Å². The number of piperidine rings is 2. The number of hydrogen-bond acceptors (Lipinski definition) is 4. The molecule has 0 radical (unpaired) electrons. The molecule has 0 atom stereocenters. The predicted molar refractivity (Wildman–Crippen MR) is 138 cm³/mol. The van der Waals surface area contributed by atoms with E-state index in [1.54, 1.807) is 14.1 Å². The van der Waals surface area contributed by atoms with Crippen LogP contribution in [0.3, 0.4) is 0 Å². The van der Waals surface area contributed by atoms with E-state index < -0.39 is 0 Å². The van der Waals surface area contributed by atoms with Crippen LogP contribution in [0.15, 0.2) is 12.1 Å². The van der Waals surface area contributed by atoms with Crippen LogP contribution in [0, 0.1) is 25.7 Å². The number of rotatable bonds is 4. The number of carbonyl (C=O) groups excluding carboxylic acids is 1. The first-order valence-corrected chi connectivity index (χ1v) is 12.4. The molecule has 0 saturated carbocycles. The summed E-state index contributed by atoms with van der Waals surface area (Å²) in [6.45, 7) is 17.1. The van der Waals surface area contributed by atoms with Gasteiger partial charge in [-0.1, -0.05) is 33.8 Å². The molecule has 1 N–H and O–H groups in total. The lowest BCUT2D eigenvalue weighted by Gasteiger charge is -2.35. The molecule has 2 aliphatic heterocycles. The summed E-state index contributed by atoms with van der Waals surface area (Å²) in [6, 6.07) is 4.40. The van der Waals surface area contributed by atoms with Crippen molar-refractivity contribution in [3.05, 3.63) is 23.4 Å². The predicted octanol–water partition coefficient (Wildman–Crippen LogP) is 5.65. The Bertz CT molecular complexity index is 555.